The molecular weight excluding hydrogens is 272 g/mol. The standard InChI is InChI=1S/C13H16N6O2/c1-18-12-10-8(11(14)17-18)4-19(13(10)16-6-15-12)9-3-2-7(5-20)21-9/h4,6-7,9,20H,2-3,5H2,1H3,(H2,14,17)/t7-,9+/m0/s1. The number of aliphatic hydroxyl groups excluding tert-OH is 1. The number of amidine groups is 1. The van der Waals surface area contributed by atoms with Crippen molar-refractivity contribution in [2.45, 2.75) is 25.2 Å². The van der Waals surface area contributed by atoms with Crippen molar-refractivity contribution >= 4 is 22.7 Å². The summed E-state index contributed by atoms with van der Waals surface area (Å²) in [7, 11) is 1.81. The van der Waals surface area contributed by atoms with E-state index < -0.39 is 0 Å². The lowest BCUT2D eigenvalue weighted by molar-refractivity contribution is -0.0204. The molecule has 0 spiro atoms. The Labute approximate surface area is 120 Å². The molecule has 0 unspecified atom stereocenters. The number of nitrogens with zero attached hydrogens (tertiary/aromatic N) is 5. The van der Waals surface area contributed by atoms with Crippen molar-refractivity contribution in [2.24, 2.45) is 10.8 Å². The number of aliphatic hydroxyl groups is 1. The number of rotatable bonds is 2. The predicted octanol–water partition coefficient (Wildman–Crippen LogP) is 0.171. The van der Waals surface area contributed by atoms with Gasteiger partial charge in [0.2, 0.25) is 0 Å². The van der Waals surface area contributed by atoms with Gasteiger partial charge in [0.15, 0.2) is 11.7 Å². The maximum atomic E-state index is 9.22. The van der Waals surface area contributed by atoms with Crippen molar-refractivity contribution in [1.82, 2.24) is 14.5 Å². The molecule has 0 bridgehead atoms. The minimum Gasteiger partial charge on any atom is -0.394 e. The molecule has 0 amide bonds. The van der Waals surface area contributed by atoms with Crippen LogP contribution in [0.25, 0.3) is 11.0 Å². The highest BCUT2D eigenvalue weighted by Gasteiger charge is 2.30. The lowest BCUT2D eigenvalue weighted by Gasteiger charge is -2.18. The summed E-state index contributed by atoms with van der Waals surface area (Å²) in [5.41, 5.74) is 7.63. The number of hydrazone groups is 1. The summed E-state index contributed by atoms with van der Waals surface area (Å²) in [6, 6.07) is 0. The smallest absolute Gasteiger partial charge is 0.162 e. The van der Waals surface area contributed by atoms with Crippen LogP contribution in [0, 0.1) is 0 Å². The summed E-state index contributed by atoms with van der Waals surface area (Å²) < 4.78 is 7.81. The van der Waals surface area contributed by atoms with Crippen molar-refractivity contribution in [3.05, 3.63) is 18.1 Å². The van der Waals surface area contributed by atoms with Crippen LogP contribution in [-0.2, 0) is 4.74 Å². The average Bonchev–Trinajstić information content (AvgIpc) is 3.09. The quantitative estimate of drug-likeness (QED) is 0.817. The van der Waals surface area contributed by atoms with E-state index in [2.05, 4.69) is 15.1 Å². The predicted molar refractivity (Wildman–Crippen MR) is 76.9 cm³/mol. The number of hydrogen-bond donors (Lipinski definition) is 2. The van der Waals surface area contributed by atoms with E-state index in [-0.39, 0.29) is 18.9 Å². The van der Waals surface area contributed by atoms with Crippen LogP contribution in [0.3, 0.4) is 0 Å². The normalized spacial score (nSPS) is 24.7. The molecule has 0 radical (unpaired) electrons. The summed E-state index contributed by atoms with van der Waals surface area (Å²) in [5, 5.41) is 16.0. The van der Waals surface area contributed by atoms with E-state index in [1.54, 1.807) is 5.01 Å². The van der Waals surface area contributed by atoms with Gasteiger partial charge in [-0.3, -0.25) is 0 Å². The monoisotopic (exact) mass is 288 g/mol. The molecule has 2 aromatic rings. The number of nitrogens with two attached hydrogens (primary N) is 1. The molecule has 0 aromatic carbocycles. The summed E-state index contributed by atoms with van der Waals surface area (Å²) in [6.45, 7) is 0.0368. The molecule has 1 fully saturated rings. The topological polar surface area (TPSA) is 102 Å². The van der Waals surface area contributed by atoms with Crippen molar-refractivity contribution in [2.75, 3.05) is 18.7 Å². The van der Waals surface area contributed by atoms with Crippen LogP contribution in [0.5, 0.6) is 0 Å². The highest BCUT2D eigenvalue weighted by molar-refractivity contribution is 6.13. The van der Waals surface area contributed by atoms with Crippen molar-refractivity contribution in [3.8, 4) is 0 Å². The first-order valence-electron chi connectivity index (χ1n) is 6.89. The Bertz CT molecular complexity index is 740. The van der Waals surface area contributed by atoms with Crippen LogP contribution in [0.15, 0.2) is 17.6 Å². The van der Waals surface area contributed by atoms with E-state index in [9.17, 15) is 5.11 Å². The lowest BCUT2D eigenvalue weighted by atomic mass is 10.2. The van der Waals surface area contributed by atoms with E-state index in [1.807, 2.05) is 17.8 Å². The summed E-state index contributed by atoms with van der Waals surface area (Å²) >= 11 is 0. The highest BCUT2D eigenvalue weighted by Crippen LogP contribution is 2.36. The van der Waals surface area contributed by atoms with Gasteiger partial charge in [-0.2, -0.15) is 5.10 Å². The van der Waals surface area contributed by atoms with Crippen LogP contribution < -0.4 is 10.7 Å². The van der Waals surface area contributed by atoms with Crippen LogP contribution in [0.2, 0.25) is 0 Å². The summed E-state index contributed by atoms with van der Waals surface area (Å²) in [4.78, 5) is 8.66. The third kappa shape index (κ3) is 1.72. The molecule has 110 valence electrons. The van der Waals surface area contributed by atoms with Gasteiger partial charge in [-0.15, -0.1) is 0 Å². The Morgan fingerprint density at radius 2 is 2.29 bits per heavy atom. The summed E-state index contributed by atoms with van der Waals surface area (Å²) in [6.07, 6.45) is 4.84. The molecule has 2 aromatic heterocycles. The van der Waals surface area contributed by atoms with E-state index in [0.29, 0.717) is 5.84 Å². The Hall–Kier alpha value is -2.19. The second kappa shape index (κ2) is 4.40. The van der Waals surface area contributed by atoms with Crippen LogP contribution >= 0.6 is 0 Å². The van der Waals surface area contributed by atoms with Gasteiger partial charge in [-0.25, -0.2) is 15.0 Å². The third-order valence-corrected chi connectivity index (χ3v) is 4.03. The molecule has 1 saturated heterocycles. The molecule has 2 aliphatic rings. The number of ether oxygens (including phenoxy) is 1. The van der Waals surface area contributed by atoms with E-state index in [4.69, 9.17) is 10.5 Å². The maximum absolute atomic E-state index is 9.22. The first-order chi connectivity index (χ1) is 10.2. The van der Waals surface area contributed by atoms with E-state index in [1.165, 1.54) is 6.33 Å². The fraction of sp³-hybridized carbons (Fsp3) is 0.462. The first kappa shape index (κ1) is 12.5. The van der Waals surface area contributed by atoms with Crippen molar-refractivity contribution in [3.63, 3.8) is 0 Å². The molecule has 21 heavy (non-hydrogen) atoms. The molecule has 4 heterocycles. The Morgan fingerprint density at radius 3 is 3.05 bits per heavy atom. The van der Waals surface area contributed by atoms with Gasteiger partial charge in [-0.05, 0) is 12.8 Å². The highest BCUT2D eigenvalue weighted by atomic mass is 16.5. The SMILES string of the molecule is CN1N=C(N)c2cn([C@H]3CC[C@@H](CO)O3)c3ncnc1c23. The second-order valence-electron chi connectivity index (χ2n) is 5.33. The Balaban J connectivity index is 1.88. The molecule has 8 nitrogen and oxygen atoms in total. The average molecular weight is 288 g/mol. The fourth-order valence-corrected chi connectivity index (χ4v) is 3.02. The zero-order valence-corrected chi connectivity index (χ0v) is 11.6. The molecule has 0 saturated carbocycles. The number of hydrogen-bond acceptors (Lipinski definition) is 7. The van der Waals surface area contributed by atoms with Crippen molar-refractivity contribution in [1.29, 1.82) is 0 Å². The van der Waals surface area contributed by atoms with Crippen molar-refractivity contribution < 1.29 is 9.84 Å². The molecule has 0 aliphatic carbocycles. The number of aromatic nitrogens is 3. The molecule has 4 rings (SSSR count). The van der Waals surface area contributed by atoms with Gasteiger partial charge in [0.25, 0.3) is 0 Å². The third-order valence-electron chi connectivity index (χ3n) is 4.03. The van der Waals surface area contributed by atoms with E-state index >= 15 is 0 Å². The fourth-order valence-electron chi connectivity index (χ4n) is 3.02. The summed E-state index contributed by atoms with van der Waals surface area (Å²) in [5.74, 6) is 1.18. The molecular formula is C13H16N6O2. The lowest BCUT2D eigenvalue weighted by Crippen LogP contribution is -2.25. The number of anilines is 1. The second-order valence-corrected chi connectivity index (χ2v) is 5.33. The van der Waals surface area contributed by atoms with E-state index in [0.717, 1.165) is 35.3 Å². The molecule has 3 N–H and O–H groups in total. The van der Waals surface area contributed by atoms with Gasteiger partial charge < -0.3 is 20.1 Å². The van der Waals surface area contributed by atoms with Gasteiger partial charge in [0.05, 0.1) is 18.1 Å². The largest absolute Gasteiger partial charge is 0.394 e. The van der Waals surface area contributed by atoms with Gasteiger partial charge in [0.1, 0.15) is 18.2 Å². The Kier molecular flexibility index (Phi) is 2.63. The van der Waals surface area contributed by atoms with Crippen LogP contribution in [0.1, 0.15) is 24.6 Å². The van der Waals surface area contributed by atoms with Gasteiger partial charge in [-0.1, -0.05) is 0 Å². The van der Waals surface area contributed by atoms with Crippen LogP contribution in [0.4, 0.5) is 5.82 Å². The molecule has 2 aliphatic heterocycles. The zero-order chi connectivity index (χ0) is 14.6. The maximum Gasteiger partial charge on any atom is 0.162 e. The Morgan fingerprint density at radius 1 is 1.43 bits per heavy atom. The van der Waals surface area contributed by atoms with Crippen LogP contribution in [-0.4, -0.2) is 45.2 Å². The molecule has 8 heteroatoms. The zero-order valence-electron chi connectivity index (χ0n) is 11.6. The minimum absolute atomic E-state index is 0.0368. The first-order valence-corrected chi connectivity index (χ1v) is 6.89. The minimum atomic E-state index is -0.141. The van der Waals surface area contributed by atoms with Gasteiger partial charge >= 0.3 is 0 Å². The molecule has 2 atom stereocenters. The van der Waals surface area contributed by atoms with Gasteiger partial charge in [0, 0.05) is 18.8 Å².